The summed E-state index contributed by atoms with van der Waals surface area (Å²) in [6.45, 7) is 4.85. The van der Waals surface area contributed by atoms with Gasteiger partial charge in [-0.2, -0.15) is 0 Å². The smallest absolute Gasteiger partial charge is 0.328 e. The molecule has 0 aromatic heterocycles. The van der Waals surface area contributed by atoms with Gasteiger partial charge in [0, 0.05) is 0 Å². The first-order chi connectivity index (χ1) is 14.8. The number of hydrogen-bond donors (Lipinski definition) is 8. The van der Waals surface area contributed by atoms with Crippen molar-refractivity contribution in [2.24, 2.45) is 17.4 Å². The van der Waals surface area contributed by atoms with E-state index in [0.29, 0.717) is 19.4 Å². The maximum absolute atomic E-state index is 12.7. The number of carbonyl (C=O) groups is 5. The van der Waals surface area contributed by atoms with Gasteiger partial charge in [-0.15, -0.1) is 0 Å². The Morgan fingerprint density at radius 1 is 0.844 bits per heavy atom. The zero-order valence-corrected chi connectivity index (χ0v) is 18.5. The molecular formula is C19H35N5O8. The van der Waals surface area contributed by atoms with Gasteiger partial charge in [0.25, 0.3) is 0 Å². The molecule has 184 valence electrons. The van der Waals surface area contributed by atoms with Crippen molar-refractivity contribution < 1.29 is 39.3 Å². The van der Waals surface area contributed by atoms with E-state index in [0.717, 1.165) is 0 Å². The van der Waals surface area contributed by atoms with Crippen LogP contribution in [0.4, 0.5) is 0 Å². The highest BCUT2D eigenvalue weighted by atomic mass is 16.4. The Morgan fingerprint density at radius 2 is 1.38 bits per heavy atom. The summed E-state index contributed by atoms with van der Waals surface area (Å²) in [7, 11) is 0. The highest BCUT2D eigenvalue weighted by molar-refractivity contribution is 5.95. The molecule has 5 atom stereocenters. The minimum Gasteiger partial charge on any atom is -0.481 e. The third-order valence-electron chi connectivity index (χ3n) is 4.66. The number of carboxylic acids is 2. The summed E-state index contributed by atoms with van der Waals surface area (Å²) in [4.78, 5) is 59.9. The summed E-state index contributed by atoms with van der Waals surface area (Å²) in [5.41, 5.74) is 11.2. The van der Waals surface area contributed by atoms with Gasteiger partial charge in [-0.3, -0.25) is 19.2 Å². The average Bonchev–Trinajstić information content (AvgIpc) is 2.68. The first-order valence-corrected chi connectivity index (χ1v) is 10.3. The van der Waals surface area contributed by atoms with Crippen LogP contribution in [-0.2, 0) is 24.0 Å². The molecule has 13 heteroatoms. The van der Waals surface area contributed by atoms with Crippen LogP contribution in [-0.4, -0.2) is 81.8 Å². The normalized spacial score (nSPS) is 15.7. The van der Waals surface area contributed by atoms with Crippen molar-refractivity contribution in [2.75, 3.05) is 6.54 Å². The van der Waals surface area contributed by atoms with Gasteiger partial charge in [-0.05, 0) is 38.6 Å². The lowest BCUT2D eigenvalue weighted by atomic mass is 10.0. The average molecular weight is 462 g/mol. The molecule has 32 heavy (non-hydrogen) atoms. The Balaban J connectivity index is 5.53. The number of rotatable bonds is 15. The van der Waals surface area contributed by atoms with Crippen LogP contribution in [0.3, 0.4) is 0 Å². The third-order valence-corrected chi connectivity index (χ3v) is 4.66. The zero-order valence-electron chi connectivity index (χ0n) is 18.5. The molecule has 0 aliphatic rings. The number of aliphatic hydroxyl groups is 1. The molecule has 0 bridgehead atoms. The maximum Gasteiger partial charge on any atom is 0.328 e. The van der Waals surface area contributed by atoms with E-state index < -0.39 is 66.4 Å². The van der Waals surface area contributed by atoms with E-state index in [4.69, 9.17) is 21.7 Å². The Labute approximate surface area is 186 Å². The Hall–Kier alpha value is -2.77. The first kappa shape index (κ1) is 29.2. The van der Waals surface area contributed by atoms with Gasteiger partial charge in [0.1, 0.15) is 12.1 Å². The number of nitrogens with two attached hydrogens (primary N) is 2. The van der Waals surface area contributed by atoms with Crippen molar-refractivity contribution in [3.63, 3.8) is 0 Å². The molecule has 3 amide bonds. The molecule has 0 heterocycles. The highest BCUT2D eigenvalue weighted by Gasteiger charge is 2.32. The van der Waals surface area contributed by atoms with E-state index in [1.165, 1.54) is 6.92 Å². The van der Waals surface area contributed by atoms with Crippen LogP contribution in [0.25, 0.3) is 0 Å². The van der Waals surface area contributed by atoms with Crippen LogP contribution < -0.4 is 27.4 Å². The summed E-state index contributed by atoms with van der Waals surface area (Å²) in [6, 6.07) is -5.36. The minimum absolute atomic E-state index is 0.0696. The van der Waals surface area contributed by atoms with Crippen molar-refractivity contribution in [3.05, 3.63) is 0 Å². The van der Waals surface area contributed by atoms with Crippen molar-refractivity contribution in [1.82, 2.24) is 16.0 Å². The van der Waals surface area contributed by atoms with Gasteiger partial charge in [0.2, 0.25) is 17.7 Å². The fourth-order valence-electron chi connectivity index (χ4n) is 2.63. The predicted molar refractivity (Wildman–Crippen MR) is 113 cm³/mol. The molecule has 0 radical (unpaired) electrons. The van der Waals surface area contributed by atoms with Crippen LogP contribution in [0.1, 0.15) is 46.5 Å². The molecule has 0 fully saturated rings. The van der Waals surface area contributed by atoms with Gasteiger partial charge in [0.05, 0.1) is 18.6 Å². The van der Waals surface area contributed by atoms with Crippen LogP contribution >= 0.6 is 0 Å². The van der Waals surface area contributed by atoms with E-state index in [1.807, 2.05) is 0 Å². The largest absolute Gasteiger partial charge is 0.481 e. The molecule has 0 saturated carbocycles. The van der Waals surface area contributed by atoms with E-state index in [-0.39, 0.29) is 12.3 Å². The molecular weight excluding hydrogens is 426 g/mol. The van der Waals surface area contributed by atoms with Gasteiger partial charge >= 0.3 is 11.9 Å². The van der Waals surface area contributed by atoms with Gasteiger partial charge in [-0.25, -0.2) is 4.79 Å². The van der Waals surface area contributed by atoms with Crippen LogP contribution in [0.15, 0.2) is 0 Å². The van der Waals surface area contributed by atoms with Crippen molar-refractivity contribution in [3.8, 4) is 0 Å². The minimum atomic E-state index is -1.62. The molecule has 0 aromatic carbocycles. The van der Waals surface area contributed by atoms with Crippen molar-refractivity contribution in [1.29, 1.82) is 0 Å². The number of unbranched alkanes of at least 4 members (excludes halogenated alkanes) is 1. The molecule has 0 aliphatic carbocycles. The van der Waals surface area contributed by atoms with E-state index >= 15 is 0 Å². The number of nitrogens with one attached hydrogen (secondary N) is 3. The zero-order chi connectivity index (χ0) is 25.0. The number of amides is 3. The number of carboxylic acid groups (broad SMARTS) is 2. The van der Waals surface area contributed by atoms with E-state index in [9.17, 15) is 29.1 Å². The van der Waals surface area contributed by atoms with Gasteiger partial charge in [0.15, 0.2) is 6.04 Å². The molecule has 0 rings (SSSR count). The lowest BCUT2D eigenvalue weighted by Crippen LogP contribution is -2.58. The first-order valence-electron chi connectivity index (χ1n) is 10.3. The standard InChI is InChI=1S/C19H35N5O8/c1-9(2)14(21)18(30)23-12(8-13(26)27)17(29)22-11(6-4-5-7-20)16(28)24-15(10(3)25)19(31)32/h9-12,14-15,25H,4-8,20-21H2,1-3H3,(H,22,29)(H,23,30)(H,24,28)(H,26,27)(H,31,32). The molecule has 13 nitrogen and oxygen atoms in total. The number of aliphatic carboxylic acids is 2. The van der Waals surface area contributed by atoms with Gasteiger partial charge in [-0.1, -0.05) is 13.8 Å². The molecule has 0 saturated heterocycles. The van der Waals surface area contributed by atoms with Gasteiger partial charge < -0.3 is 42.7 Å². The number of aliphatic hydroxyl groups excluding tert-OH is 1. The van der Waals surface area contributed by atoms with E-state index in [2.05, 4.69) is 16.0 Å². The summed E-state index contributed by atoms with van der Waals surface area (Å²) in [6.07, 6.45) is -1.19. The van der Waals surface area contributed by atoms with Crippen LogP contribution in [0, 0.1) is 5.92 Å². The quantitative estimate of drug-likeness (QED) is 0.119. The second-order valence-electron chi connectivity index (χ2n) is 7.84. The highest BCUT2D eigenvalue weighted by Crippen LogP contribution is 2.06. The molecule has 0 aromatic rings. The summed E-state index contributed by atoms with van der Waals surface area (Å²) >= 11 is 0. The maximum atomic E-state index is 12.7. The summed E-state index contributed by atoms with van der Waals surface area (Å²) in [5, 5.41) is 34.6. The van der Waals surface area contributed by atoms with Crippen molar-refractivity contribution >= 4 is 29.7 Å². The van der Waals surface area contributed by atoms with Crippen LogP contribution in [0.2, 0.25) is 0 Å². The third kappa shape index (κ3) is 10.5. The Bertz CT molecular complexity index is 670. The van der Waals surface area contributed by atoms with Crippen LogP contribution in [0.5, 0.6) is 0 Å². The predicted octanol–water partition coefficient (Wildman–Crippen LogP) is -2.51. The number of hydrogen-bond acceptors (Lipinski definition) is 8. The molecule has 5 unspecified atom stereocenters. The lowest BCUT2D eigenvalue weighted by Gasteiger charge is -2.25. The van der Waals surface area contributed by atoms with E-state index in [1.54, 1.807) is 13.8 Å². The summed E-state index contributed by atoms with van der Waals surface area (Å²) < 4.78 is 0. The fraction of sp³-hybridized carbons (Fsp3) is 0.737. The van der Waals surface area contributed by atoms with Crippen molar-refractivity contribution in [2.45, 2.75) is 76.7 Å². The second kappa shape index (κ2) is 14.3. The Kier molecular flexibility index (Phi) is 13.1. The molecule has 0 aliphatic heterocycles. The molecule has 0 spiro atoms. The fourth-order valence-corrected chi connectivity index (χ4v) is 2.63. The SMILES string of the molecule is CC(C)C(N)C(=O)NC(CC(=O)O)C(=O)NC(CCCCN)C(=O)NC(C(=O)O)C(C)O. The number of carbonyl (C=O) groups excluding carboxylic acids is 3. The molecule has 10 N–H and O–H groups in total. The second-order valence-corrected chi connectivity index (χ2v) is 7.84. The lowest BCUT2D eigenvalue weighted by molar-refractivity contribution is -0.145. The summed E-state index contributed by atoms with van der Waals surface area (Å²) in [5.74, 6) is -5.68. The topological polar surface area (TPSA) is 234 Å². The monoisotopic (exact) mass is 461 g/mol. The Morgan fingerprint density at radius 3 is 1.81 bits per heavy atom.